The van der Waals surface area contributed by atoms with Crippen molar-refractivity contribution < 1.29 is 9.59 Å². The third-order valence-electron chi connectivity index (χ3n) is 4.88. The van der Waals surface area contributed by atoms with E-state index in [4.69, 9.17) is 0 Å². The van der Waals surface area contributed by atoms with Crippen molar-refractivity contribution in [3.63, 3.8) is 0 Å². The fourth-order valence-corrected chi connectivity index (χ4v) is 4.28. The molecule has 2 aromatic rings. The maximum absolute atomic E-state index is 12.9. The molecular formula is C18H19N3O2S. The number of thiazole rings is 1. The Labute approximate surface area is 144 Å². The predicted molar refractivity (Wildman–Crippen MR) is 91.5 cm³/mol. The maximum atomic E-state index is 12.9. The molecule has 0 saturated carbocycles. The number of carbonyl (C=O) groups is 2. The van der Waals surface area contributed by atoms with Crippen molar-refractivity contribution in [3.8, 4) is 0 Å². The van der Waals surface area contributed by atoms with Gasteiger partial charge in [-0.05, 0) is 24.3 Å². The summed E-state index contributed by atoms with van der Waals surface area (Å²) in [4.78, 5) is 33.4. The highest BCUT2D eigenvalue weighted by molar-refractivity contribution is 7.11. The fourth-order valence-electron chi connectivity index (χ4n) is 3.69. The summed E-state index contributed by atoms with van der Waals surface area (Å²) in [6.45, 7) is 2.06. The molecular weight excluding hydrogens is 322 g/mol. The number of rotatable bonds is 3. The van der Waals surface area contributed by atoms with Gasteiger partial charge in [0.2, 0.25) is 5.91 Å². The third-order valence-corrected chi connectivity index (χ3v) is 5.64. The number of benzene rings is 1. The zero-order valence-corrected chi connectivity index (χ0v) is 14.1. The molecule has 2 saturated heterocycles. The molecule has 2 aliphatic rings. The van der Waals surface area contributed by atoms with E-state index in [2.05, 4.69) is 4.98 Å². The van der Waals surface area contributed by atoms with Crippen molar-refractivity contribution in [2.45, 2.75) is 25.4 Å². The molecule has 124 valence electrons. The van der Waals surface area contributed by atoms with Gasteiger partial charge in [0.1, 0.15) is 6.04 Å². The van der Waals surface area contributed by atoms with Crippen LogP contribution in [0.25, 0.3) is 0 Å². The van der Waals surface area contributed by atoms with Crippen LogP contribution < -0.4 is 0 Å². The summed E-state index contributed by atoms with van der Waals surface area (Å²) in [5.41, 5.74) is 1.13. The number of aromatic nitrogens is 1. The number of hydrogen-bond donors (Lipinski definition) is 0. The van der Waals surface area contributed by atoms with Crippen molar-refractivity contribution in [1.82, 2.24) is 14.8 Å². The Morgan fingerprint density at radius 2 is 2.12 bits per heavy atom. The van der Waals surface area contributed by atoms with Gasteiger partial charge in [-0.2, -0.15) is 0 Å². The molecule has 5 nitrogen and oxygen atoms in total. The third kappa shape index (κ3) is 2.82. The van der Waals surface area contributed by atoms with Crippen molar-refractivity contribution in [3.05, 3.63) is 52.5 Å². The minimum absolute atomic E-state index is 0.0692. The molecule has 0 spiro atoms. The van der Waals surface area contributed by atoms with Gasteiger partial charge in [0.05, 0.1) is 0 Å². The van der Waals surface area contributed by atoms with Crippen molar-refractivity contribution in [2.75, 3.05) is 13.1 Å². The van der Waals surface area contributed by atoms with Gasteiger partial charge in [0, 0.05) is 31.2 Å². The van der Waals surface area contributed by atoms with Crippen LogP contribution >= 0.6 is 11.3 Å². The first-order valence-corrected chi connectivity index (χ1v) is 9.13. The van der Waals surface area contributed by atoms with E-state index in [1.54, 1.807) is 16.5 Å². The highest BCUT2D eigenvalue weighted by Gasteiger charge is 2.43. The monoisotopic (exact) mass is 341 g/mol. The molecule has 1 aromatic heterocycles. The summed E-state index contributed by atoms with van der Waals surface area (Å²) in [7, 11) is 0. The second-order valence-corrected chi connectivity index (χ2v) is 7.34. The van der Waals surface area contributed by atoms with Gasteiger partial charge in [-0.25, -0.2) is 4.98 Å². The molecule has 2 amide bonds. The quantitative estimate of drug-likeness (QED) is 0.861. The number of hydrogen-bond acceptors (Lipinski definition) is 4. The van der Waals surface area contributed by atoms with E-state index >= 15 is 0 Å². The number of amides is 2. The van der Waals surface area contributed by atoms with E-state index < -0.39 is 0 Å². The van der Waals surface area contributed by atoms with Gasteiger partial charge < -0.3 is 9.80 Å². The molecule has 2 fully saturated rings. The Morgan fingerprint density at radius 1 is 1.29 bits per heavy atom. The van der Waals surface area contributed by atoms with Crippen LogP contribution in [0.5, 0.6) is 0 Å². The minimum Gasteiger partial charge on any atom is -0.336 e. The van der Waals surface area contributed by atoms with Gasteiger partial charge in [0.15, 0.2) is 5.01 Å². The van der Waals surface area contributed by atoms with E-state index in [1.807, 2.05) is 35.2 Å². The van der Waals surface area contributed by atoms with Crippen LogP contribution in [0.3, 0.4) is 0 Å². The molecule has 0 N–H and O–H groups in total. The Hall–Kier alpha value is -2.21. The Morgan fingerprint density at radius 3 is 2.88 bits per heavy atom. The highest BCUT2D eigenvalue weighted by atomic mass is 32.1. The van der Waals surface area contributed by atoms with Crippen molar-refractivity contribution in [2.24, 2.45) is 5.92 Å². The molecule has 0 radical (unpaired) electrons. The normalized spacial score (nSPS) is 23.4. The number of nitrogens with zero attached hydrogens (tertiary/aromatic N) is 3. The average Bonchev–Trinajstić information content (AvgIpc) is 3.14. The lowest BCUT2D eigenvalue weighted by atomic mass is 9.85. The lowest BCUT2D eigenvalue weighted by Gasteiger charge is -2.46. The van der Waals surface area contributed by atoms with Crippen LogP contribution in [-0.2, 0) is 11.3 Å². The molecule has 24 heavy (non-hydrogen) atoms. The molecule has 3 heterocycles. The zero-order chi connectivity index (χ0) is 16.5. The Bertz CT molecular complexity index is 732. The van der Waals surface area contributed by atoms with Gasteiger partial charge >= 0.3 is 0 Å². The molecule has 2 bridgehead atoms. The largest absolute Gasteiger partial charge is 0.336 e. The molecule has 0 unspecified atom stereocenters. The topological polar surface area (TPSA) is 53.5 Å². The Balaban J connectivity index is 1.54. The van der Waals surface area contributed by atoms with Crippen LogP contribution in [0.4, 0.5) is 0 Å². The first kappa shape index (κ1) is 15.3. The van der Waals surface area contributed by atoms with Crippen LogP contribution in [0.15, 0.2) is 41.9 Å². The molecule has 6 heteroatoms. The second kappa shape index (κ2) is 6.36. The van der Waals surface area contributed by atoms with Gasteiger partial charge in [-0.15, -0.1) is 11.3 Å². The average molecular weight is 341 g/mol. The number of piperidine rings is 2. The standard InChI is InChI=1S/C18H19N3O2S/c22-17-15-10-14(12-20(17)11-13-4-2-1-3-5-13)6-8-21(15)18(23)16-19-7-9-24-16/h1-5,7,9,14-15H,6,8,10-12H2/t14-,15+/m0/s1. The minimum atomic E-state index is -0.336. The fraction of sp³-hybridized carbons (Fsp3) is 0.389. The van der Waals surface area contributed by atoms with Crippen LogP contribution in [0, 0.1) is 5.92 Å². The van der Waals surface area contributed by atoms with E-state index in [-0.39, 0.29) is 17.9 Å². The number of fused-ring (bicyclic) bond motifs is 2. The summed E-state index contributed by atoms with van der Waals surface area (Å²) >= 11 is 1.33. The molecule has 1 aromatic carbocycles. The molecule has 0 aliphatic carbocycles. The van der Waals surface area contributed by atoms with Gasteiger partial charge in [-0.3, -0.25) is 9.59 Å². The van der Waals surface area contributed by atoms with Gasteiger partial charge in [-0.1, -0.05) is 30.3 Å². The molecule has 2 aliphatic heterocycles. The number of carbonyl (C=O) groups excluding carboxylic acids is 2. The SMILES string of the molecule is O=C1[C@H]2C[C@H](CCN2C(=O)c2nccs2)CN1Cc1ccccc1. The van der Waals surface area contributed by atoms with Crippen molar-refractivity contribution >= 4 is 23.2 Å². The zero-order valence-electron chi connectivity index (χ0n) is 13.3. The lowest BCUT2D eigenvalue weighted by molar-refractivity contribution is -0.144. The summed E-state index contributed by atoms with van der Waals surface area (Å²) in [6, 6.07) is 9.69. The smallest absolute Gasteiger partial charge is 0.283 e. The van der Waals surface area contributed by atoms with Crippen molar-refractivity contribution in [1.29, 1.82) is 0 Å². The number of likely N-dealkylation sites (tertiary alicyclic amines) is 2. The van der Waals surface area contributed by atoms with E-state index in [0.29, 0.717) is 24.0 Å². The summed E-state index contributed by atoms with van der Waals surface area (Å²) in [6.07, 6.45) is 3.36. The van der Waals surface area contributed by atoms with Crippen LogP contribution in [0.2, 0.25) is 0 Å². The van der Waals surface area contributed by atoms with Gasteiger partial charge in [0.25, 0.3) is 5.91 Å². The van der Waals surface area contributed by atoms with E-state index in [0.717, 1.165) is 24.9 Å². The molecule has 2 atom stereocenters. The summed E-state index contributed by atoms with van der Waals surface area (Å²) < 4.78 is 0. The summed E-state index contributed by atoms with van der Waals surface area (Å²) in [5.74, 6) is 0.444. The molecule has 4 rings (SSSR count). The maximum Gasteiger partial charge on any atom is 0.283 e. The van der Waals surface area contributed by atoms with E-state index in [9.17, 15) is 9.59 Å². The predicted octanol–water partition coefficient (Wildman–Crippen LogP) is 2.41. The highest BCUT2D eigenvalue weighted by Crippen LogP contribution is 2.32. The first-order chi connectivity index (χ1) is 11.7. The van der Waals surface area contributed by atoms with E-state index in [1.165, 1.54) is 11.3 Å². The second-order valence-electron chi connectivity index (χ2n) is 6.45. The van der Waals surface area contributed by atoms with Crippen LogP contribution in [-0.4, -0.2) is 45.7 Å². The first-order valence-electron chi connectivity index (χ1n) is 8.25. The summed E-state index contributed by atoms with van der Waals surface area (Å²) in [5, 5.41) is 2.27. The Kier molecular flexibility index (Phi) is 4.06. The lowest BCUT2D eigenvalue weighted by Crippen LogP contribution is -2.59. The van der Waals surface area contributed by atoms with Crippen LogP contribution in [0.1, 0.15) is 28.2 Å².